The number of hydrogen-bond acceptors (Lipinski definition) is 4. The third-order valence-corrected chi connectivity index (χ3v) is 4.73. The number of hydrogen-bond donors (Lipinski definition) is 0. The van der Waals surface area contributed by atoms with E-state index >= 15 is 0 Å². The summed E-state index contributed by atoms with van der Waals surface area (Å²) in [5.41, 5.74) is 1.26. The van der Waals surface area contributed by atoms with Crippen molar-refractivity contribution in [3.63, 3.8) is 0 Å². The van der Waals surface area contributed by atoms with Crippen LogP contribution >= 0.6 is 11.6 Å². The Morgan fingerprint density at radius 2 is 1.63 bits per heavy atom. The minimum absolute atomic E-state index is 0.000610. The summed E-state index contributed by atoms with van der Waals surface area (Å²) in [4.78, 5) is 38.6. The number of rotatable bonds is 4. The predicted molar refractivity (Wildman–Crippen MR) is 101 cm³/mol. The molecule has 1 aliphatic heterocycles. The fourth-order valence-electron chi connectivity index (χ4n) is 2.98. The van der Waals surface area contributed by atoms with Crippen LogP contribution in [0.15, 0.2) is 48.5 Å². The average Bonchev–Trinajstić information content (AvgIpc) is 2.68. The van der Waals surface area contributed by atoms with Crippen LogP contribution in [-0.4, -0.2) is 52.7 Å². The second-order valence-electron chi connectivity index (χ2n) is 6.28. The molecule has 0 N–H and O–H groups in total. The molecule has 0 unspecified atom stereocenters. The number of carbonyl (C=O) groups is 2. The van der Waals surface area contributed by atoms with Gasteiger partial charge in [-0.05, 0) is 23.8 Å². The van der Waals surface area contributed by atoms with Crippen LogP contribution in [0.25, 0.3) is 0 Å². The second-order valence-corrected chi connectivity index (χ2v) is 6.72. The van der Waals surface area contributed by atoms with Gasteiger partial charge in [0, 0.05) is 48.9 Å². The van der Waals surface area contributed by atoms with E-state index in [9.17, 15) is 19.7 Å². The third kappa shape index (κ3) is 4.62. The molecule has 0 saturated carbocycles. The van der Waals surface area contributed by atoms with Gasteiger partial charge in [-0.15, -0.1) is 0 Å². The van der Waals surface area contributed by atoms with Crippen LogP contribution in [0.3, 0.4) is 0 Å². The first-order chi connectivity index (χ1) is 12.9. The van der Waals surface area contributed by atoms with E-state index in [0.29, 0.717) is 36.8 Å². The lowest BCUT2D eigenvalue weighted by atomic mass is 10.1. The molecule has 2 aromatic rings. The normalized spacial score (nSPS) is 14.1. The van der Waals surface area contributed by atoms with Gasteiger partial charge in [-0.25, -0.2) is 0 Å². The highest BCUT2D eigenvalue weighted by atomic mass is 35.5. The molecule has 1 saturated heterocycles. The number of non-ortho nitro benzene ring substituents is 1. The lowest BCUT2D eigenvalue weighted by Crippen LogP contribution is -2.51. The van der Waals surface area contributed by atoms with Crippen molar-refractivity contribution in [3.05, 3.63) is 74.8 Å². The Balaban J connectivity index is 1.54. The van der Waals surface area contributed by atoms with Crippen molar-refractivity contribution in [3.8, 4) is 0 Å². The summed E-state index contributed by atoms with van der Waals surface area (Å²) in [5, 5.41) is 11.2. The Hall–Kier alpha value is -2.93. The molecule has 7 nitrogen and oxygen atoms in total. The van der Waals surface area contributed by atoms with Crippen molar-refractivity contribution >= 4 is 29.1 Å². The summed E-state index contributed by atoms with van der Waals surface area (Å²) in [5.74, 6) is -0.154. The molecular formula is C19H18ClN3O4. The van der Waals surface area contributed by atoms with Gasteiger partial charge in [0.05, 0.1) is 11.3 Å². The maximum absolute atomic E-state index is 12.5. The molecule has 0 bridgehead atoms. The van der Waals surface area contributed by atoms with E-state index in [4.69, 9.17) is 11.6 Å². The number of halogens is 1. The molecule has 1 fully saturated rings. The number of nitrogens with zero attached hydrogens (tertiary/aromatic N) is 3. The first kappa shape index (κ1) is 18.8. The van der Waals surface area contributed by atoms with Gasteiger partial charge in [-0.3, -0.25) is 19.7 Å². The van der Waals surface area contributed by atoms with Crippen molar-refractivity contribution in [2.45, 2.75) is 6.42 Å². The SMILES string of the molecule is O=C(Cc1ccc([N+](=O)[O-])cc1)N1CCN(C(=O)c2cccc(Cl)c2)CC1. The van der Waals surface area contributed by atoms with Crippen LogP contribution in [0, 0.1) is 10.1 Å². The van der Waals surface area contributed by atoms with Gasteiger partial charge in [0.2, 0.25) is 5.91 Å². The number of carbonyl (C=O) groups excluding carboxylic acids is 2. The van der Waals surface area contributed by atoms with E-state index in [-0.39, 0.29) is 23.9 Å². The van der Waals surface area contributed by atoms with E-state index in [1.54, 1.807) is 46.2 Å². The summed E-state index contributed by atoms with van der Waals surface area (Å²) >= 11 is 5.94. The first-order valence-electron chi connectivity index (χ1n) is 8.50. The first-order valence-corrected chi connectivity index (χ1v) is 8.88. The van der Waals surface area contributed by atoms with Gasteiger partial charge in [-0.2, -0.15) is 0 Å². The Labute approximate surface area is 161 Å². The molecule has 0 aliphatic carbocycles. The number of benzene rings is 2. The van der Waals surface area contributed by atoms with Gasteiger partial charge >= 0.3 is 0 Å². The lowest BCUT2D eigenvalue weighted by molar-refractivity contribution is -0.384. The van der Waals surface area contributed by atoms with E-state index in [2.05, 4.69) is 0 Å². The molecular weight excluding hydrogens is 370 g/mol. The zero-order valence-corrected chi connectivity index (χ0v) is 15.3. The molecule has 2 aromatic carbocycles. The minimum atomic E-state index is -0.470. The highest BCUT2D eigenvalue weighted by molar-refractivity contribution is 6.30. The number of nitro benzene ring substituents is 1. The molecule has 2 amide bonds. The zero-order chi connectivity index (χ0) is 19.4. The smallest absolute Gasteiger partial charge is 0.269 e. The standard InChI is InChI=1S/C19H18ClN3O4/c20-16-3-1-2-15(13-16)19(25)22-10-8-21(9-11-22)18(24)12-14-4-6-17(7-5-14)23(26)27/h1-7,13H,8-12H2. The van der Waals surface area contributed by atoms with Gasteiger partial charge in [0.15, 0.2) is 0 Å². The summed E-state index contributed by atoms with van der Waals surface area (Å²) < 4.78 is 0. The Kier molecular flexibility index (Phi) is 5.71. The largest absolute Gasteiger partial charge is 0.339 e. The fourth-order valence-corrected chi connectivity index (χ4v) is 3.18. The van der Waals surface area contributed by atoms with E-state index < -0.39 is 4.92 Å². The van der Waals surface area contributed by atoms with Crippen molar-refractivity contribution < 1.29 is 14.5 Å². The maximum Gasteiger partial charge on any atom is 0.269 e. The van der Waals surface area contributed by atoms with Crippen LogP contribution in [0.1, 0.15) is 15.9 Å². The fraction of sp³-hybridized carbons (Fsp3) is 0.263. The van der Waals surface area contributed by atoms with Crippen LogP contribution < -0.4 is 0 Å². The van der Waals surface area contributed by atoms with Crippen LogP contribution in [0.5, 0.6) is 0 Å². The Morgan fingerprint density at radius 3 is 2.22 bits per heavy atom. The van der Waals surface area contributed by atoms with Gasteiger partial charge < -0.3 is 9.80 Å². The molecule has 140 valence electrons. The summed E-state index contributed by atoms with van der Waals surface area (Å²) in [6, 6.07) is 12.8. The zero-order valence-electron chi connectivity index (χ0n) is 14.5. The van der Waals surface area contributed by atoms with Gasteiger partial charge in [-0.1, -0.05) is 29.8 Å². The number of nitro groups is 1. The Bertz CT molecular complexity index is 862. The average molecular weight is 388 g/mol. The van der Waals surface area contributed by atoms with Crippen LogP contribution in [0.4, 0.5) is 5.69 Å². The molecule has 8 heteroatoms. The van der Waals surface area contributed by atoms with Gasteiger partial charge in [0.25, 0.3) is 11.6 Å². The lowest BCUT2D eigenvalue weighted by Gasteiger charge is -2.35. The molecule has 0 radical (unpaired) electrons. The number of amides is 2. The van der Waals surface area contributed by atoms with E-state index in [0.717, 1.165) is 5.56 Å². The topological polar surface area (TPSA) is 83.8 Å². The second kappa shape index (κ2) is 8.18. The van der Waals surface area contributed by atoms with Gasteiger partial charge in [0.1, 0.15) is 0 Å². The van der Waals surface area contributed by atoms with Crippen molar-refractivity contribution in [2.24, 2.45) is 0 Å². The molecule has 0 spiro atoms. The molecule has 1 aliphatic rings. The molecule has 3 rings (SSSR count). The molecule has 0 atom stereocenters. The molecule has 1 heterocycles. The molecule has 0 aromatic heterocycles. The summed E-state index contributed by atoms with van der Waals surface area (Å²) in [6.45, 7) is 1.82. The van der Waals surface area contributed by atoms with Crippen molar-refractivity contribution in [2.75, 3.05) is 26.2 Å². The van der Waals surface area contributed by atoms with Crippen LogP contribution in [-0.2, 0) is 11.2 Å². The third-order valence-electron chi connectivity index (χ3n) is 4.49. The Morgan fingerprint density at radius 1 is 1.00 bits per heavy atom. The van der Waals surface area contributed by atoms with E-state index in [1.165, 1.54) is 12.1 Å². The van der Waals surface area contributed by atoms with E-state index in [1.807, 2.05) is 0 Å². The highest BCUT2D eigenvalue weighted by Gasteiger charge is 2.25. The molecule has 27 heavy (non-hydrogen) atoms. The predicted octanol–water partition coefficient (Wildman–Crippen LogP) is 2.78. The highest BCUT2D eigenvalue weighted by Crippen LogP contribution is 2.16. The quantitative estimate of drug-likeness (QED) is 0.596. The number of piperazine rings is 1. The monoisotopic (exact) mass is 387 g/mol. The van der Waals surface area contributed by atoms with Crippen LogP contribution in [0.2, 0.25) is 5.02 Å². The summed E-state index contributed by atoms with van der Waals surface area (Å²) in [7, 11) is 0. The summed E-state index contributed by atoms with van der Waals surface area (Å²) in [6.07, 6.45) is 0.181. The van der Waals surface area contributed by atoms with Crippen molar-refractivity contribution in [1.29, 1.82) is 0 Å². The maximum atomic E-state index is 12.5. The minimum Gasteiger partial charge on any atom is -0.339 e. The van der Waals surface area contributed by atoms with Crippen molar-refractivity contribution in [1.82, 2.24) is 9.80 Å².